The van der Waals surface area contributed by atoms with Crippen molar-refractivity contribution in [1.82, 2.24) is 0 Å². The Balaban J connectivity index is 1.36. The number of rotatable bonds is 3. The molecule has 3 heterocycles. The molecule has 8 aromatic rings. The third kappa shape index (κ3) is 5.82. The average Bonchev–Trinajstić information content (AvgIpc) is 3.57. The van der Waals surface area contributed by atoms with Crippen molar-refractivity contribution in [3.63, 3.8) is 0 Å². The van der Waals surface area contributed by atoms with E-state index in [9.17, 15) is 0 Å². The summed E-state index contributed by atoms with van der Waals surface area (Å²) >= 11 is 1.91. The van der Waals surface area contributed by atoms with Crippen molar-refractivity contribution in [1.29, 1.82) is 0 Å². The highest BCUT2D eigenvalue weighted by Crippen LogP contribution is 2.51. The highest BCUT2D eigenvalue weighted by atomic mass is 32.1. The fourth-order valence-electron chi connectivity index (χ4n) is 9.27. The number of hydrogen-bond donors (Lipinski definition) is 0. The minimum atomic E-state index is -0.0757. The molecule has 0 spiro atoms. The van der Waals surface area contributed by atoms with Crippen LogP contribution in [0.4, 0.5) is 28.4 Å². The van der Waals surface area contributed by atoms with Gasteiger partial charge < -0.3 is 9.71 Å². The van der Waals surface area contributed by atoms with Crippen molar-refractivity contribution in [2.75, 3.05) is 9.71 Å². The maximum atomic E-state index is 2.64. The minimum absolute atomic E-state index is 0.00716. The summed E-state index contributed by atoms with van der Waals surface area (Å²) in [5, 5.41) is 2.63. The maximum absolute atomic E-state index is 2.64. The van der Waals surface area contributed by atoms with Gasteiger partial charge in [-0.3, -0.25) is 0 Å². The summed E-state index contributed by atoms with van der Waals surface area (Å²) in [6, 6.07) is 55.7. The summed E-state index contributed by atoms with van der Waals surface area (Å²) in [5.74, 6) is 0. The van der Waals surface area contributed by atoms with Gasteiger partial charge >= 0.3 is 6.85 Å². The molecule has 0 bridgehead atoms. The van der Waals surface area contributed by atoms with Gasteiger partial charge in [-0.25, -0.2) is 0 Å². The first kappa shape index (κ1) is 36.7. The Morgan fingerprint density at radius 2 is 1.07 bits per heavy atom. The van der Waals surface area contributed by atoms with Crippen LogP contribution in [0.15, 0.2) is 146 Å². The summed E-state index contributed by atoms with van der Waals surface area (Å²) in [4.78, 5) is 5.27. The fraction of sp³-hybridized carbons (Fsp3) is 0.222. The molecule has 4 heteroatoms. The topological polar surface area (TPSA) is 6.48 Å². The normalized spacial score (nSPS) is 13.8. The molecule has 0 saturated heterocycles. The number of para-hydroxylation sites is 1. The molecule has 0 amide bonds. The predicted octanol–water partition coefficient (Wildman–Crippen LogP) is 14.3. The lowest BCUT2D eigenvalue weighted by Gasteiger charge is -2.46. The molecule has 0 N–H and O–H groups in total. The van der Waals surface area contributed by atoms with E-state index in [1.54, 1.807) is 0 Å². The Labute approximate surface area is 348 Å². The summed E-state index contributed by atoms with van der Waals surface area (Å²) in [6.45, 7) is 20.9. The van der Waals surface area contributed by atoms with Crippen molar-refractivity contribution in [2.45, 2.75) is 78.6 Å². The second-order valence-corrected chi connectivity index (χ2v) is 20.6. The van der Waals surface area contributed by atoms with Crippen molar-refractivity contribution >= 4 is 77.7 Å². The van der Waals surface area contributed by atoms with Crippen LogP contribution < -0.4 is 20.6 Å². The van der Waals surface area contributed by atoms with Gasteiger partial charge in [-0.2, -0.15) is 0 Å². The van der Waals surface area contributed by atoms with Crippen molar-refractivity contribution in [2.24, 2.45) is 0 Å². The Kier molecular flexibility index (Phi) is 8.21. The number of thiophene rings is 1. The van der Waals surface area contributed by atoms with E-state index in [2.05, 4.69) is 218 Å². The van der Waals surface area contributed by atoms with E-state index in [0.717, 1.165) is 0 Å². The van der Waals surface area contributed by atoms with Gasteiger partial charge in [0, 0.05) is 54.0 Å². The van der Waals surface area contributed by atoms with Crippen LogP contribution in [0.2, 0.25) is 0 Å². The van der Waals surface area contributed by atoms with Crippen molar-refractivity contribution < 1.29 is 0 Å². The van der Waals surface area contributed by atoms with Crippen LogP contribution in [0.1, 0.15) is 79.0 Å². The molecule has 2 aliphatic rings. The van der Waals surface area contributed by atoms with E-state index in [1.165, 1.54) is 98.5 Å². The zero-order chi connectivity index (χ0) is 40.3. The number of benzene rings is 7. The molecule has 10 rings (SSSR count). The number of hydrogen-bond acceptors (Lipinski definition) is 3. The van der Waals surface area contributed by atoms with E-state index in [4.69, 9.17) is 0 Å². The second kappa shape index (κ2) is 13.0. The Morgan fingerprint density at radius 3 is 1.79 bits per heavy atom. The van der Waals surface area contributed by atoms with Crippen LogP contribution in [0.5, 0.6) is 0 Å². The van der Waals surface area contributed by atoms with E-state index < -0.39 is 0 Å². The molecule has 1 aromatic heterocycles. The Morgan fingerprint density at radius 1 is 0.431 bits per heavy atom. The zero-order valence-corrected chi connectivity index (χ0v) is 36.1. The SMILES string of the molecule is CC(C)(C)c1ccc(N2B3c4cc5sc6ccccc6c5cc4N(c4ccc(C(C)(C)C)cc4-c4ccccc4)c4cc(C(C)(C)C)cc(c43)-c3ccccc32)cc1. The standard InChI is InChI=1S/C54H51BN2S/c1-52(2,3)35-23-26-38(27-24-35)57-46-21-15-13-19-39(46)43-30-37(54(7,8)9)31-48-51(43)55(57)44-33-50-42(40-20-14-16-22-49(40)58-50)32-47(44)56(48)45-28-25-36(53(4,5)6)29-41(45)34-17-11-10-12-18-34/h10-33H,1-9H3. The second-order valence-electron chi connectivity index (χ2n) is 19.5. The smallest absolute Gasteiger partial charge is 0.333 e. The molecule has 0 saturated carbocycles. The van der Waals surface area contributed by atoms with E-state index in [-0.39, 0.29) is 23.1 Å². The Hall–Kier alpha value is -5.58. The number of anilines is 5. The van der Waals surface area contributed by atoms with Gasteiger partial charge in [-0.15, -0.1) is 11.3 Å². The van der Waals surface area contributed by atoms with Crippen LogP contribution in [-0.4, -0.2) is 6.85 Å². The lowest BCUT2D eigenvalue weighted by Crippen LogP contribution is -2.61. The average molecular weight is 771 g/mol. The van der Waals surface area contributed by atoms with Crippen LogP contribution in [0.3, 0.4) is 0 Å². The molecule has 0 radical (unpaired) electrons. The largest absolute Gasteiger partial charge is 0.376 e. The molecule has 0 unspecified atom stereocenters. The molecule has 286 valence electrons. The molecule has 2 aliphatic heterocycles. The van der Waals surface area contributed by atoms with Crippen LogP contribution in [0.25, 0.3) is 42.4 Å². The summed E-state index contributed by atoms with van der Waals surface area (Å²) in [7, 11) is 0. The minimum Gasteiger partial charge on any atom is -0.376 e. The quantitative estimate of drug-likeness (QED) is 0.165. The van der Waals surface area contributed by atoms with Crippen LogP contribution >= 0.6 is 11.3 Å². The molecule has 2 nitrogen and oxygen atoms in total. The highest BCUT2D eigenvalue weighted by Gasteiger charge is 2.46. The van der Waals surface area contributed by atoms with Gasteiger partial charge in [0.25, 0.3) is 0 Å². The number of fused-ring (bicyclic) bond motifs is 7. The van der Waals surface area contributed by atoms with E-state index >= 15 is 0 Å². The molecular formula is C54H51BN2S. The molecule has 0 fully saturated rings. The van der Waals surface area contributed by atoms with Gasteiger partial charge in [-0.05, 0) is 110 Å². The summed E-state index contributed by atoms with van der Waals surface area (Å²) < 4.78 is 2.65. The predicted molar refractivity (Wildman–Crippen MR) is 255 cm³/mol. The van der Waals surface area contributed by atoms with Gasteiger partial charge in [0.15, 0.2) is 0 Å². The fourth-order valence-corrected chi connectivity index (χ4v) is 10.4. The lowest BCUT2D eigenvalue weighted by molar-refractivity contribution is 0.590. The lowest BCUT2D eigenvalue weighted by atomic mass is 9.43. The Bertz CT molecular complexity index is 2900. The van der Waals surface area contributed by atoms with E-state index in [0.29, 0.717) is 0 Å². The van der Waals surface area contributed by atoms with Crippen LogP contribution in [0, 0.1) is 0 Å². The monoisotopic (exact) mass is 770 g/mol. The van der Waals surface area contributed by atoms with Crippen molar-refractivity contribution in [3.8, 4) is 22.3 Å². The van der Waals surface area contributed by atoms with Gasteiger partial charge in [0.1, 0.15) is 0 Å². The molecule has 0 aliphatic carbocycles. The zero-order valence-electron chi connectivity index (χ0n) is 35.2. The van der Waals surface area contributed by atoms with E-state index in [1.807, 2.05) is 11.3 Å². The van der Waals surface area contributed by atoms with Gasteiger partial charge in [0.2, 0.25) is 0 Å². The highest BCUT2D eigenvalue weighted by molar-refractivity contribution is 7.26. The third-order valence-electron chi connectivity index (χ3n) is 12.5. The van der Waals surface area contributed by atoms with Crippen LogP contribution in [-0.2, 0) is 16.2 Å². The summed E-state index contributed by atoms with van der Waals surface area (Å²) in [5.41, 5.74) is 17.9. The first-order chi connectivity index (χ1) is 27.7. The molecule has 0 atom stereocenters. The molecule has 7 aromatic carbocycles. The molecule has 58 heavy (non-hydrogen) atoms. The van der Waals surface area contributed by atoms with Crippen molar-refractivity contribution in [3.05, 3.63) is 162 Å². The first-order valence-electron chi connectivity index (χ1n) is 20.8. The summed E-state index contributed by atoms with van der Waals surface area (Å²) in [6.07, 6.45) is 0. The van der Waals surface area contributed by atoms with Gasteiger partial charge in [0.05, 0.1) is 5.69 Å². The number of nitrogens with zero attached hydrogens (tertiary/aromatic N) is 2. The van der Waals surface area contributed by atoms with Gasteiger partial charge in [-0.1, -0.05) is 153 Å². The third-order valence-corrected chi connectivity index (χ3v) is 13.6. The first-order valence-corrected chi connectivity index (χ1v) is 21.6. The molecular weight excluding hydrogens is 719 g/mol. The maximum Gasteiger partial charge on any atom is 0.333 e.